The fourth-order valence-electron chi connectivity index (χ4n) is 2.09. The number of guanidine groups is 1. The number of hydrogen-bond donors (Lipinski definition) is 3. The molecule has 0 radical (unpaired) electrons. The third-order valence-corrected chi connectivity index (χ3v) is 3.37. The number of nitrogens with two attached hydrogens (primary N) is 1. The highest BCUT2D eigenvalue weighted by atomic mass is 19.4. The molecule has 12 heteroatoms. The van der Waals surface area contributed by atoms with Gasteiger partial charge in [0.05, 0.1) is 5.56 Å². The van der Waals surface area contributed by atoms with Crippen molar-refractivity contribution in [1.29, 1.82) is 0 Å². The topological polar surface area (TPSA) is 84.6 Å². The van der Waals surface area contributed by atoms with Crippen LogP contribution in [0, 0.1) is 0 Å². The molecule has 1 heterocycles. The Morgan fingerprint density at radius 1 is 1.03 bits per heavy atom. The summed E-state index contributed by atoms with van der Waals surface area (Å²) < 4.78 is 77.4. The van der Waals surface area contributed by atoms with E-state index in [0.717, 1.165) is 24.4 Å². The molecule has 0 aliphatic carbocycles. The van der Waals surface area contributed by atoms with Gasteiger partial charge in [-0.15, -0.1) is 13.2 Å². The second kappa shape index (κ2) is 9.34. The predicted octanol–water partition coefficient (Wildman–Crippen LogP) is 4.23. The third kappa shape index (κ3) is 8.15. The molecule has 0 aliphatic heterocycles. The molecule has 0 bridgehead atoms. The van der Waals surface area contributed by atoms with Crippen LogP contribution >= 0.6 is 0 Å². The molecule has 4 N–H and O–H groups in total. The molecule has 0 fully saturated rings. The Bertz CT molecular complexity index is 803. The van der Waals surface area contributed by atoms with Crippen LogP contribution in [0.25, 0.3) is 0 Å². The Kier molecular flexibility index (Phi) is 7.13. The van der Waals surface area contributed by atoms with Gasteiger partial charge in [-0.3, -0.25) is 4.99 Å². The fourth-order valence-corrected chi connectivity index (χ4v) is 2.09. The van der Waals surface area contributed by atoms with Gasteiger partial charge in [-0.25, -0.2) is 4.98 Å². The Morgan fingerprint density at radius 2 is 1.72 bits per heavy atom. The summed E-state index contributed by atoms with van der Waals surface area (Å²) in [4.78, 5) is 7.72. The number of halogens is 6. The lowest BCUT2D eigenvalue weighted by molar-refractivity contribution is -0.274. The Hall–Kier alpha value is -3.18. The van der Waals surface area contributed by atoms with Gasteiger partial charge < -0.3 is 21.1 Å². The number of nitrogens with zero attached hydrogens (tertiary/aromatic N) is 2. The maximum atomic E-state index is 12.4. The number of rotatable bonds is 7. The largest absolute Gasteiger partial charge is 0.573 e. The van der Waals surface area contributed by atoms with Crippen molar-refractivity contribution < 1.29 is 31.1 Å². The number of aliphatic imine (C=N–C) groups is 1. The molecule has 1 aromatic heterocycles. The Labute approximate surface area is 161 Å². The van der Waals surface area contributed by atoms with E-state index in [9.17, 15) is 26.3 Å². The summed E-state index contributed by atoms with van der Waals surface area (Å²) in [5.41, 5.74) is 5.28. The smallest absolute Gasteiger partial charge is 0.406 e. The summed E-state index contributed by atoms with van der Waals surface area (Å²) >= 11 is 0. The monoisotopic (exact) mass is 421 g/mol. The lowest BCUT2D eigenvalue weighted by Crippen LogP contribution is -2.23. The average molecular weight is 421 g/mol. The molecule has 29 heavy (non-hydrogen) atoms. The lowest BCUT2D eigenvalue weighted by atomic mass is 10.3. The first-order chi connectivity index (χ1) is 13.5. The second-order valence-electron chi connectivity index (χ2n) is 5.67. The van der Waals surface area contributed by atoms with Gasteiger partial charge in [0.15, 0.2) is 5.96 Å². The lowest BCUT2D eigenvalue weighted by Gasteiger charge is -2.10. The van der Waals surface area contributed by atoms with Crippen LogP contribution < -0.4 is 21.1 Å². The first kappa shape index (κ1) is 22.1. The summed E-state index contributed by atoms with van der Waals surface area (Å²) in [6.07, 6.45) is -7.94. The second-order valence-corrected chi connectivity index (χ2v) is 5.67. The Morgan fingerprint density at radius 3 is 2.28 bits per heavy atom. The summed E-state index contributed by atoms with van der Waals surface area (Å²) in [5, 5.41) is 5.57. The number of benzene rings is 1. The maximum Gasteiger partial charge on any atom is 0.573 e. The van der Waals surface area contributed by atoms with Crippen molar-refractivity contribution in [2.45, 2.75) is 19.0 Å². The third-order valence-electron chi connectivity index (χ3n) is 3.37. The van der Waals surface area contributed by atoms with Crippen LogP contribution in [0.3, 0.4) is 0 Å². The molecule has 0 unspecified atom stereocenters. The van der Waals surface area contributed by atoms with Crippen LogP contribution in [0.15, 0.2) is 47.6 Å². The summed E-state index contributed by atoms with van der Waals surface area (Å²) in [6.45, 7) is 0.709. The highest BCUT2D eigenvalue weighted by Gasteiger charge is 2.31. The van der Waals surface area contributed by atoms with Crippen LogP contribution in [0.5, 0.6) is 5.75 Å². The van der Waals surface area contributed by atoms with E-state index in [2.05, 4.69) is 25.3 Å². The normalized spacial score (nSPS) is 12.6. The fraction of sp³-hybridized carbons (Fsp3) is 0.294. The SMILES string of the molecule is NC(=NCCCNc1ccc(C(F)(F)F)cn1)Nc1ccc(OC(F)(F)F)cc1. The summed E-state index contributed by atoms with van der Waals surface area (Å²) in [7, 11) is 0. The zero-order valence-electron chi connectivity index (χ0n) is 14.8. The molecular formula is C17H17F6N5O. The van der Waals surface area contributed by atoms with Gasteiger partial charge in [0.25, 0.3) is 0 Å². The van der Waals surface area contributed by atoms with Crippen LogP contribution in [0.4, 0.5) is 37.8 Å². The predicted molar refractivity (Wildman–Crippen MR) is 95.6 cm³/mol. The van der Waals surface area contributed by atoms with Crippen molar-refractivity contribution in [2.24, 2.45) is 10.7 Å². The molecule has 0 spiro atoms. The van der Waals surface area contributed by atoms with Gasteiger partial charge in [-0.1, -0.05) is 0 Å². The number of alkyl halides is 6. The van der Waals surface area contributed by atoms with E-state index < -0.39 is 18.1 Å². The van der Waals surface area contributed by atoms with Gasteiger partial charge in [0.1, 0.15) is 11.6 Å². The van der Waals surface area contributed by atoms with E-state index in [4.69, 9.17) is 5.73 Å². The highest BCUT2D eigenvalue weighted by Crippen LogP contribution is 2.28. The van der Waals surface area contributed by atoms with Crippen molar-refractivity contribution in [2.75, 3.05) is 23.7 Å². The van der Waals surface area contributed by atoms with E-state index >= 15 is 0 Å². The summed E-state index contributed by atoms with van der Waals surface area (Å²) in [6, 6.07) is 7.12. The molecule has 0 atom stereocenters. The molecule has 0 saturated carbocycles. The van der Waals surface area contributed by atoms with Crippen molar-refractivity contribution in [3.05, 3.63) is 48.2 Å². The molecule has 0 saturated heterocycles. The number of hydrogen-bond acceptors (Lipinski definition) is 4. The van der Waals surface area contributed by atoms with E-state index in [0.29, 0.717) is 31.0 Å². The van der Waals surface area contributed by atoms with Gasteiger partial charge in [0.2, 0.25) is 0 Å². The maximum absolute atomic E-state index is 12.4. The number of nitrogens with one attached hydrogen (secondary N) is 2. The van der Waals surface area contributed by atoms with Crippen molar-refractivity contribution in [1.82, 2.24) is 4.98 Å². The average Bonchev–Trinajstić information content (AvgIpc) is 2.61. The minimum absolute atomic E-state index is 0.0575. The molecular weight excluding hydrogens is 404 g/mol. The highest BCUT2D eigenvalue weighted by molar-refractivity contribution is 5.92. The molecule has 0 amide bonds. The molecule has 0 aliphatic rings. The van der Waals surface area contributed by atoms with Crippen LogP contribution in [0.2, 0.25) is 0 Å². The van der Waals surface area contributed by atoms with Crippen molar-refractivity contribution in [3.63, 3.8) is 0 Å². The van der Waals surface area contributed by atoms with Crippen LogP contribution in [-0.4, -0.2) is 30.4 Å². The van der Waals surface area contributed by atoms with Gasteiger partial charge in [-0.2, -0.15) is 13.2 Å². The van der Waals surface area contributed by atoms with Gasteiger partial charge in [0, 0.05) is 25.0 Å². The number of pyridine rings is 1. The minimum atomic E-state index is -4.76. The van der Waals surface area contributed by atoms with Gasteiger partial charge in [-0.05, 0) is 42.8 Å². The van der Waals surface area contributed by atoms with E-state index in [1.54, 1.807) is 0 Å². The molecule has 158 valence electrons. The first-order valence-corrected chi connectivity index (χ1v) is 8.23. The Balaban J connectivity index is 1.72. The standard InChI is InChI=1S/C17H17F6N5O/c18-16(19,20)11-2-7-14(27-10-11)25-8-1-9-26-15(24)28-12-3-5-13(6-4-12)29-17(21,22)23/h2-7,10H,1,8-9H2,(H,25,27)(H3,24,26,28). The van der Waals surface area contributed by atoms with E-state index in [-0.39, 0.29) is 11.7 Å². The number of aromatic nitrogens is 1. The first-order valence-electron chi connectivity index (χ1n) is 8.23. The number of anilines is 2. The molecule has 2 aromatic rings. The minimum Gasteiger partial charge on any atom is -0.406 e. The zero-order valence-corrected chi connectivity index (χ0v) is 14.8. The van der Waals surface area contributed by atoms with E-state index in [1.165, 1.54) is 18.2 Å². The van der Waals surface area contributed by atoms with Crippen LogP contribution in [0.1, 0.15) is 12.0 Å². The van der Waals surface area contributed by atoms with E-state index in [1.807, 2.05) is 0 Å². The molecule has 1 aromatic carbocycles. The summed E-state index contributed by atoms with van der Waals surface area (Å²) in [5.74, 6) is -0.00195. The van der Waals surface area contributed by atoms with Crippen molar-refractivity contribution >= 4 is 17.5 Å². The quantitative estimate of drug-likeness (QED) is 0.270. The van der Waals surface area contributed by atoms with Crippen LogP contribution in [-0.2, 0) is 6.18 Å². The molecule has 6 nitrogen and oxygen atoms in total. The zero-order chi connectivity index (χ0) is 21.5. The number of ether oxygens (including phenoxy) is 1. The molecule has 2 rings (SSSR count). The van der Waals surface area contributed by atoms with Crippen molar-refractivity contribution in [3.8, 4) is 5.75 Å². The van der Waals surface area contributed by atoms with Gasteiger partial charge >= 0.3 is 12.5 Å².